The number of benzene rings is 1. The van der Waals surface area contributed by atoms with Crippen LogP contribution in [-0.2, 0) is 52.7 Å². The molecule has 0 saturated carbocycles. The normalized spacial score (nSPS) is 15.8. The first-order chi connectivity index (χ1) is 34.9. The molecule has 1 heterocycles. The fraction of sp³-hybridized carbons (Fsp3) is 0.591. The van der Waals surface area contributed by atoms with Crippen LogP contribution < -0.4 is 37.3 Å². The number of carbonyl (C=O) groups is 12. The first-order valence-corrected chi connectivity index (χ1v) is 23.4. The van der Waals surface area contributed by atoms with Gasteiger partial charge in [0.1, 0.15) is 42.3 Å². The van der Waals surface area contributed by atoms with Crippen LogP contribution in [0.25, 0.3) is 0 Å². The Bertz CT molecular complexity index is 2330. The number of nitro benzene ring substituents is 2. The van der Waals surface area contributed by atoms with E-state index in [-0.39, 0.29) is 32.4 Å². The Kier molecular flexibility index (Phi) is 24.1. The van der Waals surface area contributed by atoms with Crippen molar-refractivity contribution in [1.29, 1.82) is 0 Å². The predicted octanol–water partition coefficient (Wildman–Crippen LogP) is -2.19. The van der Waals surface area contributed by atoms with Crippen LogP contribution in [0.15, 0.2) is 18.2 Å². The number of hydrogen-bond donors (Lipinski definition) is 11. The van der Waals surface area contributed by atoms with E-state index in [9.17, 15) is 98.2 Å². The maximum atomic E-state index is 14.2. The van der Waals surface area contributed by atoms with Crippen molar-refractivity contribution >= 4 is 82.4 Å². The predicted molar refractivity (Wildman–Crippen MR) is 254 cm³/mol. The molecule has 1 fully saturated rings. The van der Waals surface area contributed by atoms with E-state index < -0.39 is 184 Å². The van der Waals surface area contributed by atoms with E-state index in [1.54, 1.807) is 20.8 Å². The number of aliphatic carboxylic acids is 3. The summed E-state index contributed by atoms with van der Waals surface area (Å²) in [6.45, 7) is 9.47. The number of hydrogen-bond acceptors (Lipinski definition) is 17. The number of nitrogens with zero attached hydrogens (tertiary/aromatic N) is 4. The van der Waals surface area contributed by atoms with Crippen LogP contribution in [0.5, 0.6) is 0 Å². The van der Waals surface area contributed by atoms with Crippen molar-refractivity contribution in [3.05, 3.63) is 44.0 Å². The number of carboxylic acid groups (broad SMARTS) is 3. The lowest BCUT2D eigenvalue weighted by atomic mass is 9.98. The maximum absolute atomic E-state index is 14.2. The summed E-state index contributed by atoms with van der Waals surface area (Å²) in [6, 6.07) is -9.58. The summed E-state index contributed by atoms with van der Waals surface area (Å²) in [4.78, 5) is 178. The molecule has 2 rings (SSSR count). The molecule has 0 aromatic heterocycles. The van der Waals surface area contributed by atoms with E-state index in [4.69, 9.17) is 0 Å². The maximum Gasteiger partial charge on any atom is 0.305 e. The standard InChI is InChI=1S/C44H63N11O20/c1-8-13-53(43(70)24-15-25(54(72)73)17-26(16-24)55(74)75)51-40(67)30-10-9-14-52(30)44(71)35(21(4)5)49-41(68)34(20(2)3)48-39(66)29(19-33(62)63)47-37(64)27(11-12-31(58)59)46-42(69)36(22(6)56)50-38(65)28(18-32(60)61)45-23(7)57/h15-17,20-22,27-30,34-36,56H,8-14,18-19H2,1-7H3,(H,45,57)(H,46,69)(H,47,64)(H,48,66)(H,49,68)(H,50,65)(H,51,67)(H,58,59)(H,60,61)(H,62,63)/t22-,27+,28+,29+,30+,34+,35+,36+/m1/s1. The van der Waals surface area contributed by atoms with Gasteiger partial charge in [-0.15, -0.1) is 0 Å². The summed E-state index contributed by atoms with van der Waals surface area (Å²) in [5, 5.41) is 75.6. The lowest BCUT2D eigenvalue weighted by molar-refractivity contribution is -0.394. The number of aliphatic hydroxyl groups excluding tert-OH is 1. The molecule has 414 valence electrons. The fourth-order valence-electron chi connectivity index (χ4n) is 7.49. The number of hydrazine groups is 1. The molecular weight excluding hydrogens is 1000 g/mol. The van der Waals surface area contributed by atoms with Crippen molar-refractivity contribution in [2.45, 2.75) is 142 Å². The van der Waals surface area contributed by atoms with Gasteiger partial charge < -0.3 is 57.2 Å². The topological polar surface area (TPSA) is 463 Å². The molecule has 75 heavy (non-hydrogen) atoms. The van der Waals surface area contributed by atoms with E-state index in [2.05, 4.69) is 32.0 Å². The van der Waals surface area contributed by atoms with Gasteiger partial charge in [0.25, 0.3) is 23.2 Å². The van der Waals surface area contributed by atoms with E-state index in [0.29, 0.717) is 6.07 Å². The van der Waals surface area contributed by atoms with Crippen molar-refractivity contribution < 1.29 is 87.8 Å². The Morgan fingerprint density at radius 3 is 1.59 bits per heavy atom. The summed E-state index contributed by atoms with van der Waals surface area (Å²) < 4.78 is 0. The minimum atomic E-state index is -2.03. The summed E-state index contributed by atoms with van der Waals surface area (Å²) in [6.07, 6.45) is -4.82. The lowest BCUT2D eigenvalue weighted by Crippen LogP contribution is -2.62. The molecule has 0 bridgehead atoms. The number of rotatable bonds is 28. The molecular formula is C44H63N11O20. The van der Waals surface area contributed by atoms with Gasteiger partial charge >= 0.3 is 17.9 Å². The van der Waals surface area contributed by atoms with Crippen molar-refractivity contribution in [1.82, 2.24) is 47.2 Å². The minimum absolute atomic E-state index is 0.0101. The van der Waals surface area contributed by atoms with Gasteiger partial charge in [-0.2, -0.15) is 0 Å². The van der Waals surface area contributed by atoms with Crippen molar-refractivity contribution in [3.63, 3.8) is 0 Å². The molecule has 0 aliphatic carbocycles. The van der Waals surface area contributed by atoms with E-state index in [1.165, 1.54) is 13.8 Å². The Morgan fingerprint density at radius 2 is 1.13 bits per heavy atom. The Hall–Kier alpha value is -8.38. The van der Waals surface area contributed by atoms with Crippen molar-refractivity contribution in [2.75, 3.05) is 13.1 Å². The molecule has 31 nitrogen and oxygen atoms in total. The second kappa shape index (κ2) is 28.8. The van der Waals surface area contributed by atoms with Crippen LogP contribution in [0.3, 0.4) is 0 Å². The molecule has 1 aromatic carbocycles. The molecule has 11 N–H and O–H groups in total. The average molecular weight is 1070 g/mol. The van der Waals surface area contributed by atoms with Gasteiger partial charge in [0.2, 0.25) is 41.4 Å². The van der Waals surface area contributed by atoms with Crippen LogP contribution in [0.4, 0.5) is 11.4 Å². The molecule has 31 heteroatoms. The number of nitro groups is 2. The number of nitrogens with one attached hydrogen (secondary N) is 7. The highest BCUT2D eigenvalue weighted by atomic mass is 16.6. The van der Waals surface area contributed by atoms with E-state index >= 15 is 0 Å². The highest BCUT2D eigenvalue weighted by Crippen LogP contribution is 2.25. The van der Waals surface area contributed by atoms with Gasteiger partial charge in [-0.25, -0.2) is 5.01 Å². The smallest absolute Gasteiger partial charge is 0.305 e. The minimum Gasteiger partial charge on any atom is -0.481 e. The number of carboxylic acids is 3. The summed E-state index contributed by atoms with van der Waals surface area (Å²) in [5.41, 5.74) is 0.404. The molecule has 1 saturated heterocycles. The second-order valence-corrected chi connectivity index (χ2v) is 18.1. The van der Waals surface area contributed by atoms with Crippen LogP contribution >= 0.6 is 0 Å². The third-order valence-corrected chi connectivity index (χ3v) is 11.3. The molecule has 0 radical (unpaired) electrons. The number of amides is 9. The number of carbonyl (C=O) groups excluding carboxylic acids is 9. The molecule has 8 atom stereocenters. The zero-order valence-corrected chi connectivity index (χ0v) is 42.0. The monoisotopic (exact) mass is 1070 g/mol. The zero-order valence-electron chi connectivity index (χ0n) is 42.0. The largest absolute Gasteiger partial charge is 0.481 e. The van der Waals surface area contributed by atoms with Gasteiger partial charge in [-0.05, 0) is 44.4 Å². The molecule has 1 aromatic rings. The molecule has 1 aliphatic heterocycles. The quantitative estimate of drug-likeness (QED) is 0.0314. The number of non-ortho nitro benzene ring substituents is 2. The Balaban J connectivity index is 2.36. The van der Waals surface area contributed by atoms with Gasteiger partial charge in [-0.3, -0.25) is 83.2 Å². The van der Waals surface area contributed by atoms with E-state index in [1.807, 2.05) is 5.32 Å². The third-order valence-electron chi connectivity index (χ3n) is 11.3. The average Bonchev–Trinajstić information content (AvgIpc) is 3.81. The summed E-state index contributed by atoms with van der Waals surface area (Å²) >= 11 is 0. The van der Waals surface area contributed by atoms with Gasteiger partial charge in [0, 0.05) is 38.6 Å². The molecule has 1 aliphatic rings. The lowest BCUT2D eigenvalue weighted by Gasteiger charge is -2.33. The van der Waals surface area contributed by atoms with Crippen molar-refractivity contribution in [2.24, 2.45) is 11.8 Å². The first-order valence-electron chi connectivity index (χ1n) is 23.4. The van der Waals surface area contributed by atoms with Crippen LogP contribution in [0, 0.1) is 32.1 Å². The summed E-state index contributed by atoms with van der Waals surface area (Å²) in [5.74, 6) is -15.9. The summed E-state index contributed by atoms with van der Waals surface area (Å²) in [7, 11) is 0. The Labute approximate surface area is 427 Å². The van der Waals surface area contributed by atoms with Gasteiger partial charge in [0.05, 0.1) is 40.4 Å². The highest BCUT2D eigenvalue weighted by molar-refractivity contribution is 6.00. The molecule has 0 unspecified atom stereocenters. The van der Waals surface area contributed by atoms with Gasteiger partial charge in [0.15, 0.2) is 0 Å². The number of aliphatic hydroxyl groups is 1. The Morgan fingerprint density at radius 1 is 0.667 bits per heavy atom. The van der Waals surface area contributed by atoms with E-state index in [0.717, 1.165) is 35.9 Å². The second-order valence-electron chi connectivity index (χ2n) is 18.1. The zero-order chi connectivity index (χ0) is 57.2. The molecule has 9 amide bonds. The highest BCUT2D eigenvalue weighted by Gasteiger charge is 2.42. The van der Waals surface area contributed by atoms with Crippen LogP contribution in [0.1, 0.15) is 104 Å². The van der Waals surface area contributed by atoms with Crippen molar-refractivity contribution in [3.8, 4) is 0 Å². The van der Waals surface area contributed by atoms with Crippen LogP contribution in [0.2, 0.25) is 0 Å². The third kappa shape index (κ3) is 19.2. The van der Waals surface area contributed by atoms with Gasteiger partial charge in [-0.1, -0.05) is 34.6 Å². The van der Waals surface area contributed by atoms with Crippen LogP contribution in [-0.4, -0.2) is 173 Å². The fourth-order valence-corrected chi connectivity index (χ4v) is 7.49. The number of likely N-dealkylation sites (tertiary alicyclic amines) is 1. The SMILES string of the molecule is CCCN(NC(=O)[C@@H]1CCCN1C(=O)[C@@H](NC(=O)[C@@H](NC(=O)[C@H](CC(=O)O)NC(=O)[C@H](CCC(=O)O)NC(=O)[C@@H](NC(=O)[C@H](CC(=O)O)NC(C)=O)[C@@H](C)O)C(C)C)C(C)C)C(=O)c1cc([N+](=O)[O-])cc([N+](=O)[O-])c1. The first kappa shape index (κ1) is 62.7. The molecule has 0 spiro atoms.